The van der Waals surface area contributed by atoms with Gasteiger partial charge < -0.3 is 14.6 Å². The smallest absolute Gasteiger partial charge is 0.251 e. The standard InChI is InChI=1S/C18H19FN2O3/c1-12-5-6-20(17(23)7-12)11-18(24)21-10-15(22)9-16(21)13-3-2-4-14(19)8-13/h2-8,15-16,22H,9-11H2,1H3/t15-,16-/m0/s1. The molecule has 1 N–H and O–H groups in total. The van der Waals surface area contributed by atoms with Gasteiger partial charge in [-0.2, -0.15) is 0 Å². The molecule has 24 heavy (non-hydrogen) atoms. The van der Waals surface area contributed by atoms with Crippen molar-refractivity contribution in [3.05, 3.63) is 69.9 Å². The number of β-amino-alcohol motifs (C(OH)–C–C–N with tert-alkyl or cyclic N) is 1. The lowest BCUT2D eigenvalue weighted by molar-refractivity contribution is -0.133. The van der Waals surface area contributed by atoms with Crippen molar-refractivity contribution < 1.29 is 14.3 Å². The van der Waals surface area contributed by atoms with Crippen LogP contribution in [0, 0.1) is 12.7 Å². The van der Waals surface area contributed by atoms with E-state index in [4.69, 9.17) is 0 Å². The van der Waals surface area contributed by atoms with Gasteiger partial charge in [-0.3, -0.25) is 9.59 Å². The molecule has 1 saturated heterocycles. The van der Waals surface area contributed by atoms with Crippen LogP contribution in [0.2, 0.25) is 0 Å². The summed E-state index contributed by atoms with van der Waals surface area (Å²) >= 11 is 0. The van der Waals surface area contributed by atoms with Crippen molar-refractivity contribution in [3.63, 3.8) is 0 Å². The van der Waals surface area contributed by atoms with E-state index in [0.717, 1.165) is 5.56 Å². The summed E-state index contributed by atoms with van der Waals surface area (Å²) in [6.45, 7) is 1.89. The van der Waals surface area contributed by atoms with Crippen LogP contribution in [0.4, 0.5) is 4.39 Å². The summed E-state index contributed by atoms with van der Waals surface area (Å²) in [6.07, 6.45) is 1.29. The van der Waals surface area contributed by atoms with Crippen LogP contribution >= 0.6 is 0 Å². The van der Waals surface area contributed by atoms with Crippen LogP contribution in [0.5, 0.6) is 0 Å². The van der Waals surface area contributed by atoms with Gasteiger partial charge in [-0.05, 0) is 42.7 Å². The van der Waals surface area contributed by atoms with Crippen molar-refractivity contribution in [2.75, 3.05) is 6.54 Å². The van der Waals surface area contributed by atoms with Crippen LogP contribution in [0.1, 0.15) is 23.6 Å². The molecule has 1 aliphatic rings. The van der Waals surface area contributed by atoms with Crippen molar-refractivity contribution in [2.24, 2.45) is 0 Å². The Bertz CT molecular complexity index is 818. The largest absolute Gasteiger partial charge is 0.391 e. The molecule has 0 spiro atoms. The first-order chi connectivity index (χ1) is 11.4. The summed E-state index contributed by atoms with van der Waals surface area (Å²) in [5, 5.41) is 9.95. The lowest BCUT2D eigenvalue weighted by Crippen LogP contribution is -2.36. The van der Waals surface area contributed by atoms with E-state index in [1.165, 1.54) is 27.7 Å². The normalized spacial score (nSPS) is 20.4. The Kier molecular flexibility index (Phi) is 4.49. The Balaban J connectivity index is 1.83. The number of halogens is 1. The van der Waals surface area contributed by atoms with Crippen LogP contribution in [0.25, 0.3) is 0 Å². The minimum Gasteiger partial charge on any atom is -0.391 e. The maximum Gasteiger partial charge on any atom is 0.251 e. The lowest BCUT2D eigenvalue weighted by atomic mass is 10.0. The van der Waals surface area contributed by atoms with Crippen LogP contribution in [-0.4, -0.2) is 33.1 Å². The number of carbonyl (C=O) groups is 1. The minimum absolute atomic E-state index is 0.0996. The molecule has 3 rings (SSSR count). The highest BCUT2D eigenvalue weighted by Crippen LogP contribution is 2.32. The van der Waals surface area contributed by atoms with E-state index in [9.17, 15) is 19.1 Å². The summed E-state index contributed by atoms with van der Waals surface area (Å²) in [7, 11) is 0. The fraction of sp³-hybridized carbons (Fsp3) is 0.333. The van der Waals surface area contributed by atoms with E-state index < -0.39 is 6.10 Å². The Morgan fingerprint density at radius 3 is 2.83 bits per heavy atom. The molecule has 5 nitrogen and oxygen atoms in total. The topological polar surface area (TPSA) is 62.5 Å². The molecule has 2 atom stereocenters. The number of aliphatic hydroxyl groups excluding tert-OH is 1. The van der Waals surface area contributed by atoms with Crippen LogP contribution < -0.4 is 5.56 Å². The molecule has 6 heteroatoms. The monoisotopic (exact) mass is 330 g/mol. The third-order valence-electron chi connectivity index (χ3n) is 4.29. The second kappa shape index (κ2) is 6.57. The maximum atomic E-state index is 13.5. The SMILES string of the molecule is Cc1ccn(CC(=O)N2C[C@@H](O)C[C@H]2c2cccc(F)c2)c(=O)c1. The van der Waals surface area contributed by atoms with E-state index >= 15 is 0 Å². The van der Waals surface area contributed by atoms with Crippen LogP contribution in [0.15, 0.2) is 47.4 Å². The number of hydrogen-bond donors (Lipinski definition) is 1. The quantitative estimate of drug-likeness (QED) is 0.930. The first-order valence-corrected chi connectivity index (χ1v) is 7.84. The van der Waals surface area contributed by atoms with E-state index in [0.29, 0.717) is 12.0 Å². The molecule has 126 valence electrons. The molecule has 1 fully saturated rings. The Labute approximate surface area is 139 Å². The maximum absolute atomic E-state index is 13.5. The number of benzene rings is 1. The second-order valence-electron chi connectivity index (χ2n) is 6.18. The zero-order chi connectivity index (χ0) is 17.3. The van der Waals surface area contributed by atoms with Crippen molar-refractivity contribution in [1.82, 2.24) is 9.47 Å². The number of aromatic nitrogens is 1. The molecular formula is C18H19FN2O3. The molecule has 1 aromatic carbocycles. The molecule has 1 aliphatic heterocycles. The van der Waals surface area contributed by atoms with Crippen molar-refractivity contribution in [3.8, 4) is 0 Å². The van der Waals surface area contributed by atoms with Gasteiger partial charge in [0, 0.05) is 18.8 Å². The summed E-state index contributed by atoms with van der Waals surface area (Å²) < 4.78 is 14.8. The number of carbonyl (C=O) groups excluding carboxylic acids is 1. The van der Waals surface area contributed by atoms with Gasteiger partial charge in [0.15, 0.2) is 0 Å². The second-order valence-corrected chi connectivity index (χ2v) is 6.18. The van der Waals surface area contributed by atoms with Gasteiger partial charge in [-0.1, -0.05) is 12.1 Å². The predicted molar refractivity (Wildman–Crippen MR) is 86.9 cm³/mol. The summed E-state index contributed by atoms with van der Waals surface area (Å²) in [4.78, 5) is 26.1. The fourth-order valence-electron chi connectivity index (χ4n) is 3.09. The van der Waals surface area contributed by atoms with Crippen molar-refractivity contribution >= 4 is 5.91 Å². The van der Waals surface area contributed by atoms with Gasteiger partial charge in [0.25, 0.3) is 5.56 Å². The number of aliphatic hydroxyl groups is 1. The predicted octanol–water partition coefficient (Wildman–Crippen LogP) is 1.63. The summed E-state index contributed by atoms with van der Waals surface area (Å²) in [5.74, 6) is -0.650. The summed E-state index contributed by atoms with van der Waals surface area (Å²) in [5.41, 5.74) is 1.24. The fourth-order valence-corrected chi connectivity index (χ4v) is 3.09. The molecule has 0 aliphatic carbocycles. The number of pyridine rings is 1. The van der Waals surface area contributed by atoms with Crippen LogP contribution in [-0.2, 0) is 11.3 Å². The van der Waals surface area contributed by atoms with Gasteiger partial charge in [0.2, 0.25) is 5.91 Å². The number of hydrogen-bond acceptors (Lipinski definition) is 3. The number of aryl methyl sites for hydroxylation is 1. The lowest BCUT2D eigenvalue weighted by Gasteiger charge is -2.25. The van der Waals surface area contributed by atoms with Gasteiger partial charge >= 0.3 is 0 Å². The van der Waals surface area contributed by atoms with Crippen molar-refractivity contribution in [2.45, 2.75) is 32.0 Å². The van der Waals surface area contributed by atoms with Crippen LogP contribution in [0.3, 0.4) is 0 Å². The first kappa shape index (κ1) is 16.4. The highest BCUT2D eigenvalue weighted by molar-refractivity contribution is 5.77. The van der Waals surface area contributed by atoms with E-state index in [-0.39, 0.29) is 36.4 Å². The highest BCUT2D eigenvalue weighted by atomic mass is 19.1. The molecule has 0 radical (unpaired) electrons. The average Bonchev–Trinajstić information content (AvgIpc) is 2.92. The minimum atomic E-state index is -0.656. The molecule has 0 bridgehead atoms. The molecule has 2 heterocycles. The Hall–Kier alpha value is -2.47. The van der Waals surface area contributed by atoms with Gasteiger partial charge in [-0.15, -0.1) is 0 Å². The number of nitrogens with zero attached hydrogens (tertiary/aromatic N) is 2. The Morgan fingerprint density at radius 1 is 1.33 bits per heavy atom. The molecule has 2 aromatic rings. The highest BCUT2D eigenvalue weighted by Gasteiger charge is 2.35. The van der Waals surface area contributed by atoms with Gasteiger partial charge in [0.05, 0.1) is 12.1 Å². The number of amides is 1. The Morgan fingerprint density at radius 2 is 2.12 bits per heavy atom. The zero-order valence-corrected chi connectivity index (χ0v) is 13.4. The molecule has 0 unspecified atom stereocenters. The number of likely N-dealkylation sites (tertiary alicyclic amines) is 1. The van der Waals surface area contributed by atoms with Crippen molar-refractivity contribution in [1.29, 1.82) is 0 Å². The summed E-state index contributed by atoms with van der Waals surface area (Å²) in [6, 6.07) is 8.89. The molecular weight excluding hydrogens is 311 g/mol. The van der Waals surface area contributed by atoms with Gasteiger partial charge in [-0.25, -0.2) is 4.39 Å². The third kappa shape index (κ3) is 3.38. The van der Waals surface area contributed by atoms with E-state index in [1.54, 1.807) is 24.4 Å². The third-order valence-corrected chi connectivity index (χ3v) is 4.29. The van der Waals surface area contributed by atoms with E-state index in [2.05, 4.69) is 0 Å². The molecule has 1 aromatic heterocycles. The van der Waals surface area contributed by atoms with E-state index in [1.807, 2.05) is 6.92 Å². The van der Waals surface area contributed by atoms with Gasteiger partial charge in [0.1, 0.15) is 12.4 Å². The molecule has 1 amide bonds. The number of rotatable bonds is 3. The average molecular weight is 330 g/mol. The first-order valence-electron chi connectivity index (χ1n) is 7.84. The molecule has 0 saturated carbocycles. The zero-order valence-electron chi connectivity index (χ0n) is 13.4.